The van der Waals surface area contributed by atoms with E-state index in [9.17, 15) is 18.0 Å². The third-order valence-corrected chi connectivity index (χ3v) is 3.07. The molecule has 1 fully saturated rings. The minimum absolute atomic E-state index is 0.195. The maximum Gasteiger partial charge on any atom is 0.406 e. The minimum Gasteiger partial charge on any atom is -0.465 e. The van der Waals surface area contributed by atoms with Crippen molar-refractivity contribution < 1.29 is 28.2 Å². The highest BCUT2D eigenvalue weighted by Gasteiger charge is 2.40. The van der Waals surface area contributed by atoms with Crippen molar-refractivity contribution in [3.8, 4) is 0 Å². The molecular weight excluding hydrogens is 253 g/mol. The number of aliphatic hydroxyl groups excluding tert-OH is 1. The highest BCUT2D eigenvalue weighted by atomic mass is 19.4. The molecule has 106 valence electrons. The molecule has 0 aromatic rings. The van der Waals surface area contributed by atoms with E-state index in [-0.39, 0.29) is 12.1 Å². The maximum absolute atomic E-state index is 12.4. The highest BCUT2D eigenvalue weighted by molar-refractivity contribution is 5.64. The first-order valence-electron chi connectivity index (χ1n) is 5.76. The fraction of sp³-hybridized carbons (Fsp3) is 0.900. The summed E-state index contributed by atoms with van der Waals surface area (Å²) in [6, 6.07) is -2.44. The third-order valence-electron chi connectivity index (χ3n) is 3.07. The second-order valence-electron chi connectivity index (χ2n) is 4.44. The molecule has 1 atom stereocenters. The van der Waals surface area contributed by atoms with Gasteiger partial charge in [0.1, 0.15) is 6.04 Å². The van der Waals surface area contributed by atoms with E-state index in [4.69, 9.17) is 10.2 Å². The molecule has 0 bridgehead atoms. The summed E-state index contributed by atoms with van der Waals surface area (Å²) in [4.78, 5) is 10.4. The molecule has 0 unspecified atom stereocenters. The van der Waals surface area contributed by atoms with Crippen LogP contribution in [0.25, 0.3) is 0 Å². The van der Waals surface area contributed by atoms with Gasteiger partial charge in [-0.2, -0.15) is 13.2 Å². The molecule has 1 rings (SSSR count). The Kier molecular flexibility index (Phi) is 5.21. The van der Waals surface area contributed by atoms with Gasteiger partial charge in [-0.05, 0) is 25.7 Å². The van der Waals surface area contributed by atoms with Crippen molar-refractivity contribution in [3.63, 3.8) is 0 Å². The predicted molar refractivity (Wildman–Crippen MR) is 57.3 cm³/mol. The first kappa shape index (κ1) is 15.0. The van der Waals surface area contributed by atoms with Gasteiger partial charge in [0.05, 0.1) is 6.61 Å². The first-order chi connectivity index (χ1) is 8.32. The van der Waals surface area contributed by atoms with Crippen LogP contribution in [0.2, 0.25) is 0 Å². The van der Waals surface area contributed by atoms with Crippen LogP contribution in [0, 0.1) is 0 Å². The molecule has 0 aromatic heterocycles. The number of nitrogens with one attached hydrogen (secondary N) is 2. The zero-order chi connectivity index (χ0) is 13.8. The second-order valence-corrected chi connectivity index (χ2v) is 4.44. The van der Waals surface area contributed by atoms with Crippen LogP contribution in [0.1, 0.15) is 25.7 Å². The lowest BCUT2D eigenvalue weighted by molar-refractivity contribution is -0.166. The summed E-state index contributed by atoms with van der Waals surface area (Å²) < 4.78 is 37.2. The summed E-state index contributed by atoms with van der Waals surface area (Å²) >= 11 is 0. The lowest BCUT2D eigenvalue weighted by Crippen LogP contribution is -2.51. The van der Waals surface area contributed by atoms with Gasteiger partial charge in [-0.25, -0.2) is 4.79 Å². The predicted octanol–water partition coefficient (Wildman–Crippen LogP) is 1.08. The van der Waals surface area contributed by atoms with Gasteiger partial charge in [0.2, 0.25) is 0 Å². The van der Waals surface area contributed by atoms with Crippen molar-refractivity contribution in [1.82, 2.24) is 10.6 Å². The fourth-order valence-corrected chi connectivity index (χ4v) is 2.11. The SMILES string of the molecule is O=C(O)N[C@H]1CC[C@@H](N[C@@H](CO)C(F)(F)F)CC1. The molecule has 0 aromatic carbocycles. The van der Waals surface area contributed by atoms with E-state index in [0.29, 0.717) is 25.7 Å². The van der Waals surface area contributed by atoms with Gasteiger partial charge < -0.3 is 20.8 Å². The average Bonchev–Trinajstić information content (AvgIpc) is 2.25. The van der Waals surface area contributed by atoms with Crippen molar-refractivity contribution in [3.05, 3.63) is 0 Å². The number of rotatable bonds is 4. The summed E-state index contributed by atoms with van der Waals surface area (Å²) in [5, 5.41) is 21.9. The van der Waals surface area contributed by atoms with Crippen molar-refractivity contribution >= 4 is 6.09 Å². The molecule has 0 radical (unpaired) electrons. The fourth-order valence-electron chi connectivity index (χ4n) is 2.11. The lowest BCUT2D eigenvalue weighted by Gasteiger charge is -2.32. The Morgan fingerprint density at radius 2 is 1.72 bits per heavy atom. The topological polar surface area (TPSA) is 81.6 Å². The number of carboxylic acid groups (broad SMARTS) is 1. The molecule has 0 saturated heterocycles. The van der Waals surface area contributed by atoms with Crippen LogP contribution in [-0.4, -0.2) is 47.2 Å². The molecule has 1 aliphatic carbocycles. The number of aliphatic hydroxyl groups is 1. The molecule has 1 saturated carbocycles. The molecule has 4 N–H and O–H groups in total. The molecule has 18 heavy (non-hydrogen) atoms. The molecule has 1 aliphatic rings. The van der Waals surface area contributed by atoms with Crippen LogP contribution in [0.4, 0.5) is 18.0 Å². The van der Waals surface area contributed by atoms with E-state index in [1.54, 1.807) is 0 Å². The Bertz CT molecular complexity index is 278. The molecule has 1 amide bonds. The highest BCUT2D eigenvalue weighted by Crippen LogP contribution is 2.24. The van der Waals surface area contributed by atoms with Crippen molar-refractivity contribution in [1.29, 1.82) is 0 Å². The Labute approximate surface area is 102 Å². The first-order valence-corrected chi connectivity index (χ1v) is 5.76. The van der Waals surface area contributed by atoms with Gasteiger partial charge in [0, 0.05) is 12.1 Å². The minimum atomic E-state index is -4.47. The van der Waals surface area contributed by atoms with Crippen LogP contribution < -0.4 is 10.6 Å². The van der Waals surface area contributed by atoms with Gasteiger partial charge in [-0.1, -0.05) is 0 Å². The average molecular weight is 270 g/mol. The molecule has 8 heteroatoms. The van der Waals surface area contributed by atoms with Crippen LogP contribution >= 0.6 is 0 Å². The Balaban J connectivity index is 2.37. The molecular formula is C10H17F3N2O3. The molecule has 0 heterocycles. The third kappa shape index (κ3) is 4.69. The standard InChI is InChI=1S/C10H17F3N2O3/c11-10(12,13)8(5-16)14-6-1-3-7(4-2-6)15-9(17)18/h6-8,14-16H,1-5H2,(H,17,18)/t6-,7+,8-/m0/s1. The zero-order valence-corrected chi connectivity index (χ0v) is 9.70. The van der Waals surface area contributed by atoms with E-state index >= 15 is 0 Å². The van der Waals surface area contributed by atoms with Crippen LogP contribution in [-0.2, 0) is 0 Å². The normalized spacial score (nSPS) is 26.7. The van der Waals surface area contributed by atoms with Crippen molar-refractivity contribution in [2.75, 3.05) is 6.61 Å². The van der Waals surface area contributed by atoms with Gasteiger partial charge in [0.25, 0.3) is 0 Å². The lowest BCUT2D eigenvalue weighted by atomic mass is 9.91. The van der Waals surface area contributed by atoms with E-state index in [1.807, 2.05) is 0 Å². The van der Waals surface area contributed by atoms with Crippen LogP contribution in [0.15, 0.2) is 0 Å². The van der Waals surface area contributed by atoms with E-state index < -0.39 is 24.9 Å². The van der Waals surface area contributed by atoms with Crippen molar-refractivity contribution in [2.24, 2.45) is 0 Å². The summed E-state index contributed by atoms with van der Waals surface area (Å²) in [6.07, 6.45) is -3.67. The number of amides is 1. The number of carbonyl (C=O) groups is 1. The summed E-state index contributed by atoms with van der Waals surface area (Å²) in [5.74, 6) is 0. The molecule has 0 aliphatic heterocycles. The molecule has 0 spiro atoms. The number of hydrogen-bond acceptors (Lipinski definition) is 3. The monoisotopic (exact) mass is 270 g/mol. The Morgan fingerprint density at radius 1 is 1.22 bits per heavy atom. The summed E-state index contributed by atoms with van der Waals surface area (Å²) in [5.41, 5.74) is 0. The van der Waals surface area contributed by atoms with Gasteiger partial charge in [-0.15, -0.1) is 0 Å². The zero-order valence-electron chi connectivity index (χ0n) is 9.70. The van der Waals surface area contributed by atoms with E-state index in [2.05, 4.69) is 10.6 Å². The molecule has 5 nitrogen and oxygen atoms in total. The Hall–Kier alpha value is -1.02. The van der Waals surface area contributed by atoms with Gasteiger partial charge in [0.15, 0.2) is 0 Å². The smallest absolute Gasteiger partial charge is 0.406 e. The second kappa shape index (κ2) is 6.24. The van der Waals surface area contributed by atoms with Crippen molar-refractivity contribution in [2.45, 2.75) is 50.0 Å². The summed E-state index contributed by atoms with van der Waals surface area (Å²) in [6.45, 7) is -0.989. The number of alkyl halides is 3. The van der Waals surface area contributed by atoms with Crippen LogP contribution in [0.3, 0.4) is 0 Å². The van der Waals surface area contributed by atoms with Crippen LogP contribution in [0.5, 0.6) is 0 Å². The van der Waals surface area contributed by atoms with E-state index in [1.165, 1.54) is 0 Å². The summed E-state index contributed by atoms with van der Waals surface area (Å²) in [7, 11) is 0. The maximum atomic E-state index is 12.4. The largest absolute Gasteiger partial charge is 0.465 e. The van der Waals surface area contributed by atoms with Gasteiger partial charge in [-0.3, -0.25) is 0 Å². The quantitative estimate of drug-likeness (QED) is 0.616. The number of hydrogen-bond donors (Lipinski definition) is 4. The number of halogens is 3. The van der Waals surface area contributed by atoms with Gasteiger partial charge >= 0.3 is 12.3 Å². The van der Waals surface area contributed by atoms with E-state index in [0.717, 1.165) is 0 Å². The Morgan fingerprint density at radius 3 is 2.11 bits per heavy atom.